The van der Waals surface area contributed by atoms with Crippen LogP contribution in [0.1, 0.15) is 38.3 Å². The van der Waals surface area contributed by atoms with Gasteiger partial charge in [0.25, 0.3) is 5.91 Å². The van der Waals surface area contributed by atoms with Crippen LogP contribution in [0.25, 0.3) is 6.08 Å². The molecule has 1 N–H and O–H groups in total. The van der Waals surface area contributed by atoms with Crippen LogP contribution in [0.5, 0.6) is 0 Å². The van der Waals surface area contributed by atoms with E-state index in [1.165, 1.54) is 5.56 Å². The third-order valence-corrected chi connectivity index (χ3v) is 6.63. The van der Waals surface area contributed by atoms with Gasteiger partial charge in [-0.15, -0.1) is 11.8 Å². The number of thioether (sulfide) groups is 1. The highest BCUT2D eigenvalue weighted by Gasteiger charge is 2.24. The van der Waals surface area contributed by atoms with E-state index in [4.69, 9.17) is 0 Å². The van der Waals surface area contributed by atoms with Crippen molar-refractivity contribution in [3.8, 4) is 0 Å². The van der Waals surface area contributed by atoms with Crippen LogP contribution in [0.4, 0.5) is 0 Å². The highest BCUT2D eigenvalue weighted by atomic mass is 32.2. The number of hydrogen-bond acceptors (Lipinski definition) is 4. The zero-order chi connectivity index (χ0) is 23.2. The van der Waals surface area contributed by atoms with Gasteiger partial charge in [-0.25, -0.2) is 0 Å². The lowest BCUT2D eigenvalue weighted by molar-refractivity contribution is -0.116. The molecule has 0 saturated carbocycles. The predicted molar refractivity (Wildman–Crippen MR) is 133 cm³/mol. The molecule has 0 fully saturated rings. The Labute approximate surface area is 198 Å². The van der Waals surface area contributed by atoms with Crippen molar-refractivity contribution in [3.05, 3.63) is 100 Å². The molecule has 0 radical (unpaired) electrons. The average molecular weight is 458 g/mol. The molecule has 2 heterocycles. The normalized spacial score (nSPS) is 13.1. The number of fused-ring (bicyclic) bond motifs is 1. The summed E-state index contributed by atoms with van der Waals surface area (Å²) in [5, 5.41) is 2.98. The van der Waals surface area contributed by atoms with E-state index in [0.29, 0.717) is 25.2 Å². The summed E-state index contributed by atoms with van der Waals surface area (Å²) in [7, 11) is 0. The minimum Gasteiger partial charge on any atom is -0.348 e. The first-order valence-corrected chi connectivity index (χ1v) is 12.2. The van der Waals surface area contributed by atoms with Gasteiger partial charge in [-0.05, 0) is 72.2 Å². The maximum Gasteiger partial charge on any atom is 0.254 e. The molecule has 0 aliphatic carbocycles. The number of carbonyl (C=O) groups excluding carboxylic acids is 2. The van der Waals surface area contributed by atoms with Crippen LogP contribution in [-0.2, 0) is 24.3 Å². The molecule has 0 bridgehead atoms. The quantitative estimate of drug-likeness (QED) is 0.433. The minimum absolute atomic E-state index is 0.0368. The maximum atomic E-state index is 13.0. The van der Waals surface area contributed by atoms with Crippen molar-refractivity contribution in [1.82, 2.24) is 15.2 Å². The lowest BCUT2D eigenvalue weighted by Crippen LogP contribution is -2.37. The second-order valence-corrected chi connectivity index (χ2v) is 8.87. The number of pyridine rings is 1. The number of benzene rings is 2. The van der Waals surface area contributed by atoms with Gasteiger partial charge in [0.1, 0.15) is 0 Å². The van der Waals surface area contributed by atoms with E-state index in [9.17, 15) is 9.59 Å². The van der Waals surface area contributed by atoms with E-state index >= 15 is 0 Å². The van der Waals surface area contributed by atoms with E-state index in [1.54, 1.807) is 23.9 Å². The van der Waals surface area contributed by atoms with Gasteiger partial charge in [-0.2, -0.15) is 0 Å². The Kier molecular flexibility index (Phi) is 7.25. The highest BCUT2D eigenvalue weighted by Crippen LogP contribution is 2.25. The number of carbonyl (C=O) groups is 2. The molecule has 0 atom stereocenters. The van der Waals surface area contributed by atoms with Crippen LogP contribution in [0.2, 0.25) is 0 Å². The van der Waals surface area contributed by atoms with Crippen molar-refractivity contribution >= 4 is 29.7 Å². The summed E-state index contributed by atoms with van der Waals surface area (Å²) in [6.07, 6.45) is 7.99. The molecule has 2 amide bonds. The van der Waals surface area contributed by atoms with Gasteiger partial charge in [0.15, 0.2) is 0 Å². The number of amides is 2. The Hall–Kier alpha value is -3.38. The van der Waals surface area contributed by atoms with Gasteiger partial charge < -0.3 is 10.2 Å². The molecule has 168 valence electrons. The Morgan fingerprint density at radius 3 is 2.61 bits per heavy atom. The third-order valence-electron chi connectivity index (χ3n) is 5.89. The lowest BCUT2D eigenvalue weighted by atomic mass is 9.94. The highest BCUT2D eigenvalue weighted by molar-refractivity contribution is 7.98. The molecule has 0 saturated heterocycles. The van der Waals surface area contributed by atoms with Gasteiger partial charge in [-0.1, -0.05) is 30.3 Å². The van der Waals surface area contributed by atoms with E-state index in [2.05, 4.69) is 10.3 Å². The van der Waals surface area contributed by atoms with E-state index < -0.39 is 0 Å². The summed E-state index contributed by atoms with van der Waals surface area (Å²) in [5.41, 5.74) is 5.88. The van der Waals surface area contributed by atoms with E-state index in [0.717, 1.165) is 33.7 Å². The molecule has 1 aliphatic rings. The first-order chi connectivity index (χ1) is 16.0. The number of aryl methyl sites for hydroxylation is 1. The van der Waals surface area contributed by atoms with Crippen LogP contribution in [0.3, 0.4) is 0 Å². The lowest BCUT2D eigenvalue weighted by Gasteiger charge is -2.30. The molecule has 0 unspecified atom stereocenters. The van der Waals surface area contributed by atoms with Gasteiger partial charge in [-0.3, -0.25) is 14.6 Å². The summed E-state index contributed by atoms with van der Waals surface area (Å²) in [5.74, 6) is -0.105. The Balaban J connectivity index is 1.43. The van der Waals surface area contributed by atoms with Crippen molar-refractivity contribution in [2.75, 3.05) is 12.8 Å². The monoisotopic (exact) mass is 457 g/mol. The molecule has 4 rings (SSSR count). The van der Waals surface area contributed by atoms with Crippen molar-refractivity contribution in [2.24, 2.45) is 0 Å². The fraction of sp³-hybridized carbons (Fsp3) is 0.222. The van der Waals surface area contributed by atoms with Crippen LogP contribution < -0.4 is 5.32 Å². The average Bonchev–Trinajstić information content (AvgIpc) is 2.87. The summed E-state index contributed by atoms with van der Waals surface area (Å²) in [6, 6.07) is 17.5. The molecule has 33 heavy (non-hydrogen) atoms. The summed E-state index contributed by atoms with van der Waals surface area (Å²) in [6.45, 7) is 3.56. The largest absolute Gasteiger partial charge is 0.348 e. The van der Waals surface area contributed by atoms with E-state index in [1.807, 2.05) is 78.9 Å². The number of nitrogens with one attached hydrogen (secondary N) is 1. The Morgan fingerprint density at radius 2 is 1.88 bits per heavy atom. The molecule has 3 aromatic rings. The fourth-order valence-electron chi connectivity index (χ4n) is 4.02. The van der Waals surface area contributed by atoms with Gasteiger partial charge >= 0.3 is 0 Å². The number of nitrogens with zero attached hydrogens (tertiary/aromatic N) is 2. The molecule has 6 heteroatoms. The SMILES string of the molecule is CSc1ccc(C(=O)N2CCc3c(cnc(C)c3CNC(=O)/C=C/c3ccccc3)C2)cc1. The number of aromatic nitrogens is 1. The molecular weight excluding hydrogens is 430 g/mol. The van der Waals surface area contributed by atoms with Crippen molar-refractivity contribution in [3.63, 3.8) is 0 Å². The maximum absolute atomic E-state index is 13.0. The van der Waals surface area contributed by atoms with Crippen LogP contribution in [0.15, 0.2) is 71.8 Å². The molecule has 5 nitrogen and oxygen atoms in total. The summed E-state index contributed by atoms with van der Waals surface area (Å²) >= 11 is 1.66. The number of hydrogen-bond donors (Lipinski definition) is 1. The molecule has 1 aliphatic heterocycles. The zero-order valence-corrected chi connectivity index (χ0v) is 19.7. The summed E-state index contributed by atoms with van der Waals surface area (Å²) < 4.78 is 0. The Morgan fingerprint density at radius 1 is 1.12 bits per heavy atom. The first-order valence-electron chi connectivity index (χ1n) is 11.0. The van der Waals surface area contributed by atoms with Crippen LogP contribution >= 0.6 is 11.8 Å². The van der Waals surface area contributed by atoms with Crippen molar-refractivity contribution in [2.45, 2.75) is 31.3 Å². The van der Waals surface area contributed by atoms with Gasteiger partial charge in [0, 0.05) is 48.1 Å². The molecule has 0 spiro atoms. The van der Waals surface area contributed by atoms with E-state index in [-0.39, 0.29) is 11.8 Å². The predicted octanol–water partition coefficient (Wildman–Crippen LogP) is 4.64. The van der Waals surface area contributed by atoms with Gasteiger partial charge in [0.05, 0.1) is 0 Å². The zero-order valence-electron chi connectivity index (χ0n) is 18.9. The standard InChI is InChI=1S/C27H27N3O2S/c1-19-25(17-29-26(31)13-8-20-6-4-3-5-7-20)24-14-15-30(18-22(24)16-28-19)27(32)21-9-11-23(33-2)12-10-21/h3-13,16H,14-15,17-18H2,1-2H3,(H,29,31)/b13-8+. The molecular formula is C27H27N3O2S. The topological polar surface area (TPSA) is 62.3 Å². The van der Waals surface area contributed by atoms with Crippen molar-refractivity contribution < 1.29 is 9.59 Å². The smallest absolute Gasteiger partial charge is 0.254 e. The number of rotatable bonds is 6. The fourth-order valence-corrected chi connectivity index (χ4v) is 4.42. The first kappa shape index (κ1) is 22.8. The molecule has 1 aromatic heterocycles. The van der Waals surface area contributed by atoms with Crippen LogP contribution in [0, 0.1) is 6.92 Å². The van der Waals surface area contributed by atoms with Crippen LogP contribution in [-0.4, -0.2) is 34.5 Å². The second-order valence-electron chi connectivity index (χ2n) is 7.99. The third kappa shape index (κ3) is 5.52. The Bertz CT molecular complexity index is 1170. The summed E-state index contributed by atoms with van der Waals surface area (Å²) in [4.78, 5) is 32.9. The van der Waals surface area contributed by atoms with Crippen molar-refractivity contribution in [1.29, 1.82) is 0 Å². The minimum atomic E-state index is -0.142. The van der Waals surface area contributed by atoms with Gasteiger partial charge in [0.2, 0.25) is 5.91 Å². The second kappa shape index (κ2) is 10.5. The molecule has 2 aromatic carbocycles.